The first-order valence-electron chi connectivity index (χ1n) is 6.51. The minimum absolute atomic E-state index is 0.102. The van der Waals surface area contributed by atoms with Crippen LogP contribution in [0.4, 0.5) is 0 Å². The highest BCUT2D eigenvalue weighted by Crippen LogP contribution is 2.28. The lowest BCUT2D eigenvalue weighted by atomic mass is 10.2. The number of halogens is 2. The van der Waals surface area contributed by atoms with Crippen molar-refractivity contribution < 1.29 is 18.3 Å². The summed E-state index contributed by atoms with van der Waals surface area (Å²) in [5, 5.41) is 8.77. The lowest BCUT2D eigenvalue weighted by molar-refractivity contribution is 0.0697. The van der Waals surface area contributed by atoms with E-state index in [4.69, 9.17) is 28.3 Å². The van der Waals surface area contributed by atoms with Crippen molar-refractivity contribution in [3.05, 3.63) is 27.7 Å². The quantitative estimate of drug-likeness (QED) is 0.700. The molecular formula is C13H17Cl2NO4S. The first-order chi connectivity index (χ1) is 9.79. The summed E-state index contributed by atoms with van der Waals surface area (Å²) in [6, 6.07) is 2.10. The number of carbonyl (C=O) groups is 1. The van der Waals surface area contributed by atoms with Crippen molar-refractivity contribution in [2.75, 3.05) is 6.54 Å². The van der Waals surface area contributed by atoms with Crippen molar-refractivity contribution in [2.45, 2.75) is 37.5 Å². The molecule has 0 atom stereocenters. The molecule has 0 aliphatic carbocycles. The number of aromatic carboxylic acids is 1. The van der Waals surface area contributed by atoms with Crippen LogP contribution in [0.25, 0.3) is 0 Å². The largest absolute Gasteiger partial charge is 0.478 e. The summed E-state index contributed by atoms with van der Waals surface area (Å²) in [7, 11) is -3.85. The van der Waals surface area contributed by atoms with Crippen LogP contribution in [-0.2, 0) is 10.0 Å². The van der Waals surface area contributed by atoms with Crippen LogP contribution >= 0.6 is 23.2 Å². The molecule has 0 aliphatic rings. The third kappa shape index (κ3) is 5.14. The van der Waals surface area contributed by atoms with Crippen LogP contribution in [0.2, 0.25) is 10.0 Å². The lowest BCUT2D eigenvalue weighted by Gasteiger charge is -2.10. The summed E-state index contributed by atoms with van der Waals surface area (Å²) in [6.45, 7) is 2.34. The highest BCUT2D eigenvalue weighted by atomic mass is 35.5. The summed E-state index contributed by atoms with van der Waals surface area (Å²) < 4.78 is 26.7. The first-order valence-corrected chi connectivity index (χ1v) is 8.75. The highest BCUT2D eigenvalue weighted by molar-refractivity contribution is 7.89. The molecule has 0 radical (unpaired) electrons. The Bertz CT molecular complexity index is 617. The Balaban J connectivity index is 2.92. The predicted octanol–water partition coefficient (Wildman–Crippen LogP) is 3.55. The van der Waals surface area contributed by atoms with Crippen LogP contribution in [0.15, 0.2) is 17.0 Å². The van der Waals surface area contributed by atoms with Crippen LogP contribution in [0.3, 0.4) is 0 Å². The third-order valence-corrected chi connectivity index (χ3v) is 5.10. The second-order valence-electron chi connectivity index (χ2n) is 4.53. The molecule has 0 saturated carbocycles. The molecule has 0 saturated heterocycles. The zero-order chi connectivity index (χ0) is 16.0. The molecule has 2 N–H and O–H groups in total. The van der Waals surface area contributed by atoms with Crippen molar-refractivity contribution in [3.8, 4) is 0 Å². The number of nitrogens with one attached hydrogen (secondary N) is 1. The Hall–Kier alpha value is -0.820. The molecule has 0 bridgehead atoms. The van der Waals surface area contributed by atoms with Gasteiger partial charge in [0.15, 0.2) is 0 Å². The van der Waals surface area contributed by atoms with Crippen molar-refractivity contribution in [1.82, 2.24) is 4.72 Å². The van der Waals surface area contributed by atoms with Gasteiger partial charge in [0.2, 0.25) is 10.0 Å². The number of hydrogen-bond donors (Lipinski definition) is 2. The average Bonchev–Trinajstić information content (AvgIpc) is 2.37. The van der Waals surface area contributed by atoms with Crippen molar-refractivity contribution in [2.24, 2.45) is 0 Å². The second-order valence-corrected chi connectivity index (χ2v) is 7.08. The van der Waals surface area contributed by atoms with Gasteiger partial charge in [-0.05, 0) is 18.6 Å². The molecule has 1 rings (SSSR count). The molecule has 0 spiro atoms. The van der Waals surface area contributed by atoms with Crippen LogP contribution in [0.5, 0.6) is 0 Å². The average molecular weight is 354 g/mol. The lowest BCUT2D eigenvalue weighted by Crippen LogP contribution is -2.25. The molecule has 1 aromatic carbocycles. The second kappa shape index (κ2) is 7.98. The van der Waals surface area contributed by atoms with Gasteiger partial charge in [0.05, 0.1) is 15.6 Å². The van der Waals surface area contributed by atoms with E-state index in [0.717, 1.165) is 31.4 Å². The van der Waals surface area contributed by atoms with Crippen LogP contribution in [0, 0.1) is 0 Å². The summed E-state index contributed by atoms with van der Waals surface area (Å²) in [4.78, 5) is 10.7. The maximum atomic E-state index is 12.1. The van der Waals surface area contributed by atoms with Crippen molar-refractivity contribution in [3.63, 3.8) is 0 Å². The fourth-order valence-electron chi connectivity index (χ4n) is 1.74. The van der Waals surface area contributed by atoms with Crippen LogP contribution < -0.4 is 4.72 Å². The van der Waals surface area contributed by atoms with Crippen LogP contribution in [-0.4, -0.2) is 26.0 Å². The minimum Gasteiger partial charge on any atom is -0.478 e. The van der Waals surface area contributed by atoms with E-state index in [9.17, 15) is 13.2 Å². The number of unbranched alkanes of at least 4 members (excludes halogenated alkanes) is 3. The van der Waals surface area contributed by atoms with E-state index < -0.39 is 16.0 Å². The number of carboxylic acids is 1. The molecule has 0 fully saturated rings. The maximum Gasteiger partial charge on any atom is 0.337 e. The smallest absolute Gasteiger partial charge is 0.337 e. The van der Waals surface area contributed by atoms with Gasteiger partial charge >= 0.3 is 5.97 Å². The molecule has 1 aromatic rings. The number of rotatable bonds is 8. The van der Waals surface area contributed by atoms with Gasteiger partial charge in [-0.1, -0.05) is 49.4 Å². The van der Waals surface area contributed by atoms with Gasteiger partial charge in [-0.25, -0.2) is 17.9 Å². The van der Waals surface area contributed by atoms with E-state index in [1.807, 2.05) is 0 Å². The number of sulfonamides is 1. The summed E-state index contributed by atoms with van der Waals surface area (Å²) in [6.07, 6.45) is 3.72. The van der Waals surface area contributed by atoms with E-state index in [0.29, 0.717) is 6.42 Å². The van der Waals surface area contributed by atoms with E-state index >= 15 is 0 Å². The van der Waals surface area contributed by atoms with Crippen molar-refractivity contribution in [1.29, 1.82) is 0 Å². The fourth-order valence-corrected chi connectivity index (χ4v) is 3.66. The Morgan fingerprint density at radius 2 is 1.86 bits per heavy atom. The number of benzene rings is 1. The Morgan fingerprint density at radius 3 is 2.43 bits per heavy atom. The standard InChI is InChI=1S/C13H17Cl2NO4S/c1-2-3-4-5-6-16-21(19,20)12-7-9(13(17)18)10(14)8-11(12)15/h7-8,16H,2-6H2,1H3,(H,17,18). The Labute approximate surface area is 134 Å². The summed E-state index contributed by atoms with van der Waals surface area (Å²) in [5.74, 6) is -1.31. The zero-order valence-corrected chi connectivity index (χ0v) is 13.9. The molecule has 118 valence electrons. The molecule has 8 heteroatoms. The van der Waals surface area contributed by atoms with Crippen LogP contribution in [0.1, 0.15) is 43.0 Å². The van der Waals surface area contributed by atoms with Gasteiger partial charge < -0.3 is 5.11 Å². The number of carboxylic acid groups (broad SMARTS) is 1. The molecule has 21 heavy (non-hydrogen) atoms. The molecule has 0 aliphatic heterocycles. The molecular weight excluding hydrogens is 337 g/mol. The van der Waals surface area contributed by atoms with Gasteiger partial charge in [-0.15, -0.1) is 0 Å². The van der Waals surface area contributed by atoms with E-state index in [-0.39, 0.29) is 27.0 Å². The zero-order valence-electron chi connectivity index (χ0n) is 11.5. The minimum atomic E-state index is -3.85. The predicted molar refractivity (Wildman–Crippen MR) is 82.8 cm³/mol. The molecule has 0 amide bonds. The molecule has 0 aromatic heterocycles. The number of hydrogen-bond acceptors (Lipinski definition) is 3. The van der Waals surface area contributed by atoms with Gasteiger partial charge in [-0.3, -0.25) is 0 Å². The summed E-state index contributed by atoms with van der Waals surface area (Å²) in [5.41, 5.74) is -0.299. The Morgan fingerprint density at radius 1 is 1.19 bits per heavy atom. The maximum absolute atomic E-state index is 12.1. The normalized spacial score (nSPS) is 11.6. The summed E-state index contributed by atoms with van der Waals surface area (Å²) >= 11 is 11.6. The molecule has 0 heterocycles. The Kier molecular flexibility index (Phi) is 6.93. The van der Waals surface area contributed by atoms with E-state index in [1.165, 1.54) is 0 Å². The first kappa shape index (κ1) is 18.2. The fraction of sp³-hybridized carbons (Fsp3) is 0.462. The third-order valence-electron chi connectivity index (χ3n) is 2.86. The molecule has 5 nitrogen and oxygen atoms in total. The SMILES string of the molecule is CCCCCCNS(=O)(=O)c1cc(C(=O)O)c(Cl)cc1Cl. The van der Waals surface area contributed by atoms with Gasteiger partial charge in [0, 0.05) is 6.54 Å². The van der Waals surface area contributed by atoms with Crippen molar-refractivity contribution >= 4 is 39.2 Å². The highest BCUT2D eigenvalue weighted by Gasteiger charge is 2.22. The van der Waals surface area contributed by atoms with E-state index in [2.05, 4.69) is 11.6 Å². The van der Waals surface area contributed by atoms with Gasteiger partial charge in [0.25, 0.3) is 0 Å². The monoisotopic (exact) mass is 353 g/mol. The van der Waals surface area contributed by atoms with E-state index in [1.54, 1.807) is 0 Å². The van der Waals surface area contributed by atoms with Gasteiger partial charge in [-0.2, -0.15) is 0 Å². The molecule has 0 unspecified atom stereocenters. The van der Waals surface area contributed by atoms with Gasteiger partial charge in [0.1, 0.15) is 4.90 Å². The topological polar surface area (TPSA) is 83.5 Å².